The van der Waals surface area contributed by atoms with Crippen LogP contribution in [0.2, 0.25) is 0 Å². The van der Waals surface area contributed by atoms with E-state index in [1.165, 1.54) is 86.8 Å². The van der Waals surface area contributed by atoms with E-state index >= 15 is 4.39 Å². The average Bonchev–Trinajstić information content (AvgIpc) is 3.39. The van der Waals surface area contributed by atoms with E-state index in [4.69, 9.17) is 38.2 Å². The molecule has 1 aliphatic heterocycles. The molecule has 0 aliphatic carbocycles. The number of ketones is 1. The topological polar surface area (TPSA) is 161 Å². The lowest BCUT2D eigenvalue weighted by Crippen LogP contribution is -2.45. The highest BCUT2D eigenvalue weighted by Crippen LogP contribution is 2.39. The van der Waals surface area contributed by atoms with Crippen LogP contribution in [0.1, 0.15) is 55.9 Å². The first-order valence-corrected chi connectivity index (χ1v) is 16.2. The second kappa shape index (κ2) is 18.6. The molecule has 1 heterocycles. The number of carbonyl (C=O) groups is 4. The number of nitrogens with zero attached hydrogens (tertiary/aromatic N) is 2. The fraction of sp³-hybridized carbons (Fsp3) is 0.389. The SMILES string of the molecule is COCOc1ccc(N(C)C)c(F)c1C(=O)c1ccc(C(=O)OOC(=O)N2CCCCC(NC(=O)c3cc(OC)c(OCOC)c(OC)c3)C2)cc1. The van der Waals surface area contributed by atoms with Crippen molar-refractivity contribution in [1.82, 2.24) is 10.2 Å². The number of carbonyl (C=O) groups excluding carboxylic acids is 4. The summed E-state index contributed by atoms with van der Waals surface area (Å²) in [6, 6.07) is 10.7. The number of rotatable bonds is 14. The van der Waals surface area contributed by atoms with Gasteiger partial charge >= 0.3 is 12.1 Å². The van der Waals surface area contributed by atoms with Crippen LogP contribution in [0.15, 0.2) is 48.5 Å². The maximum Gasteiger partial charge on any atom is 0.453 e. The number of hydrogen-bond acceptors (Lipinski definition) is 13. The van der Waals surface area contributed by atoms with Gasteiger partial charge in [-0.05, 0) is 55.7 Å². The van der Waals surface area contributed by atoms with Gasteiger partial charge in [0.1, 0.15) is 11.3 Å². The van der Waals surface area contributed by atoms with Crippen molar-refractivity contribution in [2.45, 2.75) is 25.3 Å². The Morgan fingerprint density at radius 1 is 0.808 bits per heavy atom. The van der Waals surface area contributed by atoms with E-state index < -0.39 is 35.6 Å². The molecule has 15 nitrogen and oxygen atoms in total. The molecule has 3 aromatic carbocycles. The van der Waals surface area contributed by atoms with Crippen LogP contribution in [0.3, 0.4) is 0 Å². The fourth-order valence-electron chi connectivity index (χ4n) is 5.39. The Balaban J connectivity index is 1.38. The quantitative estimate of drug-likeness (QED) is 0.106. The van der Waals surface area contributed by atoms with Gasteiger partial charge in [-0.15, -0.1) is 0 Å². The smallest absolute Gasteiger partial charge is 0.453 e. The van der Waals surface area contributed by atoms with Gasteiger partial charge in [-0.3, -0.25) is 9.59 Å². The highest BCUT2D eigenvalue weighted by Gasteiger charge is 2.28. The summed E-state index contributed by atoms with van der Waals surface area (Å²) in [6.45, 7) is 0.123. The van der Waals surface area contributed by atoms with Crippen LogP contribution in [0.4, 0.5) is 14.9 Å². The third kappa shape index (κ3) is 9.58. The van der Waals surface area contributed by atoms with Gasteiger partial charge < -0.3 is 43.5 Å². The summed E-state index contributed by atoms with van der Waals surface area (Å²) in [6.07, 6.45) is 0.977. The second-order valence-electron chi connectivity index (χ2n) is 11.7. The van der Waals surface area contributed by atoms with Crippen molar-refractivity contribution < 1.29 is 61.8 Å². The highest BCUT2D eigenvalue weighted by molar-refractivity contribution is 6.11. The van der Waals surface area contributed by atoms with E-state index in [1.807, 2.05) is 0 Å². The number of amides is 2. The Labute approximate surface area is 300 Å². The van der Waals surface area contributed by atoms with E-state index in [1.54, 1.807) is 14.1 Å². The van der Waals surface area contributed by atoms with E-state index in [0.29, 0.717) is 25.8 Å². The Bertz CT molecular complexity index is 1710. The van der Waals surface area contributed by atoms with Crippen LogP contribution in [0.25, 0.3) is 0 Å². The summed E-state index contributed by atoms with van der Waals surface area (Å²) in [7, 11) is 8.99. The summed E-state index contributed by atoms with van der Waals surface area (Å²) in [5, 5.41) is 2.93. The lowest BCUT2D eigenvalue weighted by molar-refractivity contribution is -0.192. The van der Waals surface area contributed by atoms with Crippen molar-refractivity contribution in [3.05, 3.63) is 76.6 Å². The Morgan fingerprint density at radius 2 is 1.44 bits per heavy atom. The molecule has 0 bridgehead atoms. The number of methoxy groups -OCH3 is 4. The van der Waals surface area contributed by atoms with E-state index in [9.17, 15) is 19.2 Å². The molecular formula is C36H42FN3O12. The minimum Gasteiger partial charge on any atom is -0.493 e. The summed E-state index contributed by atoms with van der Waals surface area (Å²) in [5.74, 6) is -2.11. The van der Waals surface area contributed by atoms with Crippen LogP contribution >= 0.6 is 0 Å². The number of halogens is 1. The monoisotopic (exact) mass is 727 g/mol. The highest BCUT2D eigenvalue weighted by atomic mass is 19.1. The normalized spacial score (nSPS) is 14.1. The molecule has 4 rings (SSSR count). The van der Waals surface area contributed by atoms with Crippen molar-refractivity contribution in [2.24, 2.45) is 0 Å². The molecule has 0 radical (unpaired) electrons. The molecule has 1 fully saturated rings. The predicted molar refractivity (Wildman–Crippen MR) is 184 cm³/mol. The predicted octanol–water partition coefficient (Wildman–Crippen LogP) is 4.60. The standard InChI is InChI=1S/C36H42FN3O12/c1-39(2)26-14-15-27(49-20-45-3)30(31(26)37)32(41)22-10-12-23(13-11-22)35(43)51-52-36(44)40-16-8-7-9-25(19-40)38-34(42)24-17-28(47-5)33(50-21-46-4)29(18-24)48-6/h10-15,17-18,25H,7-9,16,19-21H2,1-6H3,(H,38,42). The molecule has 0 aromatic heterocycles. The van der Waals surface area contributed by atoms with Crippen LogP contribution in [-0.4, -0.2) is 104 Å². The van der Waals surface area contributed by atoms with Crippen molar-refractivity contribution >= 4 is 29.4 Å². The molecule has 1 atom stereocenters. The molecule has 1 N–H and O–H groups in total. The fourth-order valence-corrected chi connectivity index (χ4v) is 5.39. The maximum absolute atomic E-state index is 15.4. The first kappa shape index (κ1) is 39.2. The van der Waals surface area contributed by atoms with E-state index in [0.717, 1.165) is 0 Å². The largest absolute Gasteiger partial charge is 0.493 e. The van der Waals surface area contributed by atoms with Gasteiger partial charge in [0, 0.05) is 58.6 Å². The number of likely N-dealkylation sites (tertiary alicyclic amines) is 1. The number of ether oxygens (including phenoxy) is 6. The zero-order valence-electron chi connectivity index (χ0n) is 29.8. The molecular weight excluding hydrogens is 685 g/mol. The molecule has 16 heteroatoms. The summed E-state index contributed by atoms with van der Waals surface area (Å²) < 4.78 is 47.0. The van der Waals surface area contributed by atoms with Crippen LogP contribution in [0, 0.1) is 5.82 Å². The molecule has 2 amide bonds. The van der Waals surface area contributed by atoms with Crippen molar-refractivity contribution in [2.75, 3.05) is 74.1 Å². The van der Waals surface area contributed by atoms with Gasteiger partial charge in [0.25, 0.3) is 5.91 Å². The third-order valence-corrected chi connectivity index (χ3v) is 8.00. The molecule has 52 heavy (non-hydrogen) atoms. The van der Waals surface area contributed by atoms with Crippen LogP contribution in [-0.2, 0) is 19.2 Å². The molecule has 1 unspecified atom stereocenters. The van der Waals surface area contributed by atoms with E-state index in [-0.39, 0.29) is 71.1 Å². The van der Waals surface area contributed by atoms with Crippen molar-refractivity contribution in [3.8, 4) is 23.0 Å². The number of hydrogen-bond donors (Lipinski definition) is 1. The zero-order valence-corrected chi connectivity index (χ0v) is 29.8. The van der Waals surface area contributed by atoms with Crippen LogP contribution in [0.5, 0.6) is 23.0 Å². The van der Waals surface area contributed by atoms with Gasteiger partial charge in [0.05, 0.1) is 25.5 Å². The maximum atomic E-state index is 15.4. The summed E-state index contributed by atoms with van der Waals surface area (Å²) in [5.41, 5.74) is 0.146. The molecule has 0 spiro atoms. The Morgan fingerprint density at radius 3 is 2.06 bits per heavy atom. The van der Waals surface area contributed by atoms with E-state index in [2.05, 4.69) is 5.32 Å². The number of nitrogens with one attached hydrogen (secondary N) is 1. The molecule has 280 valence electrons. The van der Waals surface area contributed by atoms with Gasteiger partial charge in [-0.2, -0.15) is 0 Å². The number of anilines is 1. The van der Waals surface area contributed by atoms with Crippen molar-refractivity contribution in [1.29, 1.82) is 0 Å². The molecule has 1 aliphatic rings. The third-order valence-electron chi connectivity index (χ3n) is 8.00. The zero-order chi connectivity index (χ0) is 37.8. The first-order valence-electron chi connectivity index (χ1n) is 16.2. The first-order chi connectivity index (χ1) is 25.0. The lowest BCUT2D eigenvalue weighted by Gasteiger charge is -2.24. The van der Waals surface area contributed by atoms with Gasteiger partial charge in [-0.1, -0.05) is 12.1 Å². The number of benzene rings is 3. The van der Waals surface area contributed by atoms with Gasteiger partial charge in [0.15, 0.2) is 36.7 Å². The summed E-state index contributed by atoms with van der Waals surface area (Å²) in [4.78, 5) is 64.9. The average molecular weight is 728 g/mol. The molecule has 3 aromatic rings. The van der Waals surface area contributed by atoms with Crippen LogP contribution < -0.4 is 29.2 Å². The van der Waals surface area contributed by atoms with Gasteiger partial charge in [0.2, 0.25) is 5.75 Å². The lowest BCUT2D eigenvalue weighted by atomic mass is 9.99. The second-order valence-corrected chi connectivity index (χ2v) is 11.7. The Kier molecular flexibility index (Phi) is 14.0. The van der Waals surface area contributed by atoms with Crippen molar-refractivity contribution in [3.63, 3.8) is 0 Å². The summed E-state index contributed by atoms with van der Waals surface area (Å²) >= 11 is 0. The minimum absolute atomic E-state index is 0.0105. The van der Waals surface area contributed by atoms with Gasteiger partial charge in [-0.25, -0.2) is 23.8 Å². The molecule has 0 saturated carbocycles. The molecule has 1 saturated heterocycles. The minimum atomic E-state index is -1.00. The Hall–Kier alpha value is -5.61.